The summed E-state index contributed by atoms with van der Waals surface area (Å²) >= 11 is 0. The van der Waals surface area contributed by atoms with Crippen LogP contribution in [0.25, 0.3) is 0 Å². The molecule has 0 aliphatic rings. The molecule has 0 saturated carbocycles. The van der Waals surface area contributed by atoms with Crippen LogP contribution in [0.2, 0.25) is 0 Å². The maximum atomic E-state index is 12.8. The average molecular weight is 192 g/mol. The first-order chi connectivity index (χ1) is 6.72. The lowest BCUT2D eigenvalue weighted by Crippen LogP contribution is -2.24. The van der Waals surface area contributed by atoms with Crippen LogP contribution in [-0.2, 0) is 6.54 Å². The number of hydrogen-bond acceptors (Lipinski definition) is 2. The van der Waals surface area contributed by atoms with Gasteiger partial charge in [0.05, 0.1) is 12.5 Å². The molecule has 74 valence electrons. The van der Waals surface area contributed by atoms with Crippen LogP contribution in [0.3, 0.4) is 0 Å². The van der Waals surface area contributed by atoms with Crippen LogP contribution in [0, 0.1) is 17.1 Å². The SMILES string of the molecule is CC(CC#N)NCc1cccc(F)c1. The Labute approximate surface area is 83.4 Å². The van der Waals surface area contributed by atoms with Gasteiger partial charge in [-0.15, -0.1) is 0 Å². The van der Waals surface area contributed by atoms with Gasteiger partial charge in [-0.2, -0.15) is 5.26 Å². The quantitative estimate of drug-likeness (QED) is 0.794. The van der Waals surface area contributed by atoms with Crippen LogP contribution in [0.1, 0.15) is 18.9 Å². The van der Waals surface area contributed by atoms with E-state index in [2.05, 4.69) is 11.4 Å². The first-order valence-corrected chi connectivity index (χ1v) is 4.57. The van der Waals surface area contributed by atoms with E-state index in [4.69, 9.17) is 5.26 Å². The van der Waals surface area contributed by atoms with E-state index in [1.807, 2.05) is 13.0 Å². The largest absolute Gasteiger partial charge is 0.309 e. The third kappa shape index (κ3) is 3.55. The van der Waals surface area contributed by atoms with E-state index >= 15 is 0 Å². The van der Waals surface area contributed by atoms with Gasteiger partial charge < -0.3 is 5.32 Å². The summed E-state index contributed by atoms with van der Waals surface area (Å²) in [6.45, 7) is 2.53. The monoisotopic (exact) mass is 192 g/mol. The molecule has 14 heavy (non-hydrogen) atoms. The zero-order valence-corrected chi connectivity index (χ0v) is 8.13. The average Bonchev–Trinajstić information content (AvgIpc) is 2.15. The van der Waals surface area contributed by atoms with Gasteiger partial charge in [0.15, 0.2) is 0 Å². The molecule has 0 radical (unpaired) electrons. The van der Waals surface area contributed by atoms with Crippen LogP contribution in [0.4, 0.5) is 4.39 Å². The van der Waals surface area contributed by atoms with Crippen molar-refractivity contribution >= 4 is 0 Å². The van der Waals surface area contributed by atoms with Crippen molar-refractivity contribution in [2.75, 3.05) is 0 Å². The highest BCUT2D eigenvalue weighted by molar-refractivity contribution is 5.16. The van der Waals surface area contributed by atoms with Crippen LogP contribution < -0.4 is 5.32 Å². The summed E-state index contributed by atoms with van der Waals surface area (Å²) < 4.78 is 12.8. The highest BCUT2D eigenvalue weighted by Gasteiger charge is 2.00. The number of rotatable bonds is 4. The van der Waals surface area contributed by atoms with Gasteiger partial charge >= 0.3 is 0 Å². The first kappa shape index (κ1) is 10.7. The molecular formula is C11H13FN2. The molecule has 0 aliphatic carbocycles. The lowest BCUT2D eigenvalue weighted by atomic mass is 10.2. The fourth-order valence-electron chi connectivity index (χ4n) is 1.15. The predicted molar refractivity (Wildman–Crippen MR) is 52.9 cm³/mol. The zero-order chi connectivity index (χ0) is 10.4. The molecule has 0 aliphatic heterocycles. The highest BCUT2D eigenvalue weighted by atomic mass is 19.1. The number of halogens is 1. The molecule has 3 heteroatoms. The second-order valence-corrected chi connectivity index (χ2v) is 3.27. The smallest absolute Gasteiger partial charge is 0.123 e. The van der Waals surface area contributed by atoms with Gasteiger partial charge in [-0.1, -0.05) is 12.1 Å². The van der Waals surface area contributed by atoms with Crippen molar-refractivity contribution in [3.8, 4) is 6.07 Å². The summed E-state index contributed by atoms with van der Waals surface area (Å²) in [4.78, 5) is 0. The van der Waals surface area contributed by atoms with Gasteiger partial charge in [0.25, 0.3) is 0 Å². The van der Waals surface area contributed by atoms with Gasteiger partial charge in [0.1, 0.15) is 5.82 Å². The fourth-order valence-corrected chi connectivity index (χ4v) is 1.15. The summed E-state index contributed by atoms with van der Waals surface area (Å²) in [5, 5.41) is 11.6. The fraction of sp³-hybridized carbons (Fsp3) is 0.364. The second-order valence-electron chi connectivity index (χ2n) is 3.27. The zero-order valence-electron chi connectivity index (χ0n) is 8.13. The maximum Gasteiger partial charge on any atom is 0.123 e. The topological polar surface area (TPSA) is 35.8 Å². The Kier molecular flexibility index (Phi) is 4.09. The van der Waals surface area contributed by atoms with E-state index in [1.165, 1.54) is 12.1 Å². The summed E-state index contributed by atoms with van der Waals surface area (Å²) in [6.07, 6.45) is 0.468. The molecule has 0 aromatic heterocycles. The van der Waals surface area contributed by atoms with Gasteiger partial charge in [0, 0.05) is 12.6 Å². The molecular weight excluding hydrogens is 179 g/mol. The number of nitriles is 1. The Morgan fingerprint density at radius 2 is 2.36 bits per heavy atom. The molecule has 1 aromatic rings. The van der Waals surface area contributed by atoms with Crippen molar-refractivity contribution in [1.82, 2.24) is 5.32 Å². The Morgan fingerprint density at radius 1 is 1.57 bits per heavy atom. The third-order valence-corrected chi connectivity index (χ3v) is 1.94. The second kappa shape index (κ2) is 5.36. The van der Waals surface area contributed by atoms with E-state index in [9.17, 15) is 4.39 Å². The van der Waals surface area contributed by atoms with Crippen LogP contribution in [0.5, 0.6) is 0 Å². The molecule has 1 N–H and O–H groups in total. The number of hydrogen-bond donors (Lipinski definition) is 1. The number of benzene rings is 1. The van der Waals surface area contributed by atoms with Crippen molar-refractivity contribution in [1.29, 1.82) is 5.26 Å². The number of nitrogens with zero attached hydrogens (tertiary/aromatic N) is 1. The molecule has 0 saturated heterocycles. The van der Waals surface area contributed by atoms with E-state index in [1.54, 1.807) is 6.07 Å². The standard InChI is InChI=1S/C11H13FN2/c1-9(5-6-13)14-8-10-3-2-4-11(12)7-10/h2-4,7,9,14H,5,8H2,1H3. The van der Waals surface area contributed by atoms with Gasteiger partial charge in [-0.05, 0) is 24.6 Å². The van der Waals surface area contributed by atoms with Crippen LogP contribution >= 0.6 is 0 Å². The van der Waals surface area contributed by atoms with Gasteiger partial charge in [-0.25, -0.2) is 4.39 Å². The Hall–Kier alpha value is -1.40. The van der Waals surface area contributed by atoms with Crippen molar-refractivity contribution < 1.29 is 4.39 Å². The molecule has 0 fully saturated rings. The summed E-state index contributed by atoms with van der Waals surface area (Å²) in [6, 6.07) is 8.67. The Bertz CT molecular complexity index is 330. The summed E-state index contributed by atoms with van der Waals surface area (Å²) in [5.74, 6) is -0.225. The maximum absolute atomic E-state index is 12.8. The van der Waals surface area contributed by atoms with Crippen molar-refractivity contribution in [3.63, 3.8) is 0 Å². The minimum atomic E-state index is -0.225. The van der Waals surface area contributed by atoms with E-state index in [0.29, 0.717) is 13.0 Å². The molecule has 1 atom stereocenters. The molecule has 1 aromatic carbocycles. The lowest BCUT2D eigenvalue weighted by molar-refractivity contribution is 0.553. The lowest BCUT2D eigenvalue weighted by Gasteiger charge is -2.09. The molecule has 0 heterocycles. The van der Waals surface area contributed by atoms with E-state index in [-0.39, 0.29) is 11.9 Å². The third-order valence-electron chi connectivity index (χ3n) is 1.94. The summed E-state index contributed by atoms with van der Waals surface area (Å²) in [7, 11) is 0. The van der Waals surface area contributed by atoms with E-state index in [0.717, 1.165) is 5.56 Å². The molecule has 0 bridgehead atoms. The van der Waals surface area contributed by atoms with Crippen LogP contribution in [0.15, 0.2) is 24.3 Å². The molecule has 0 amide bonds. The summed E-state index contributed by atoms with van der Waals surface area (Å²) in [5.41, 5.74) is 0.898. The predicted octanol–water partition coefficient (Wildman–Crippen LogP) is 2.22. The minimum Gasteiger partial charge on any atom is -0.309 e. The number of nitrogens with one attached hydrogen (secondary N) is 1. The normalized spacial score (nSPS) is 12.1. The highest BCUT2D eigenvalue weighted by Crippen LogP contribution is 2.03. The van der Waals surface area contributed by atoms with Crippen LogP contribution in [-0.4, -0.2) is 6.04 Å². The van der Waals surface area contributed by atoms with Gasteiger partial charge in [-0.3, -0.25) is 0 Å². The van der Waals surface area contributed by atoms with Crippen molar-refractivity contribution in [3.05, 3.63) is 35.6 Å². The minimum absolute atomic E-state index is 0.142. The molecule has 0 spiro atoms. The van der Waals surface area contributed by atoms with Crippen molar-refractivity contribution in [2.24, 2.45) is 0 Å². The molecule has 1 rings (SSSR count). The molecule has 2 nitrogen and oxygen atoms in total. The molecule has 1 unspecified atom stereocenters. The first-order valence-electron chi connectivity index (χ1n) is 4.57. The van der Waals surface area contributed by atoms with Crippen molar-refractivity contribution in [2.45, 2.75) is 25.9 Å². The Morgan fingerprint density at radius 3 is 3.00 bits per heavy atom. The Balaban J connectivity index is 2.42. The van der Waals surface area contributed by atoms with Gasteiger partial charge in [0.2, 0.25) is 0 Å². The van der Waals surface area contributed by atoms with E-state index < -0.39 is 0 Å².